The molecule has 0 saturated carbocycles. The van der Waals surface area contributed by atoms with Gasteiger partial charge in [-0.05, 0) is 37.0 Å². The number of amides is 1. The van der Waals surface area contributed by atoms with Crippen molar-refractivity contribution in [3.05, 3.63) is 33.8 Å². The first kappa shape index (κ1) is 16.4. The number of carboxylic acid groups (broad SMARTS) is 1. The highest BCUT2D eigenvalue weighted by Gasteiger charge is 2.29. The number of carboxylic acids is 1. The molecule has 1 atom stereocenters. The van der Waals surface area contributed by atoms with E-state index in [1.165, 1.54) is 0 Å². The second kappa shape index (κ2) is 7.31. The summed E-state index contributed by atoms with van der Waals surface area (Å²) in [7, 11) is 0. The predicted molar refractivity (Wildman–Crippen MR) is 87.5 cm³/mol. The Morgan fingerprint density at radius 3 is 2.86 bits per heavy atom. The van der Waals surface area contributed by atoms with Crippen LogP contribution >= 0.6 is 27.7 Å². The largest absolute Gasteiger partial charge is 0.481 e. The normalized spacial score (nSPS) is 18.0. The van der Waals surface area contributed by atoms with Crippen LogP contribution in [0.4, 0.5) is 0 Å². The van der Waals surface area contributed by atoms with Crippen LogP contribution in [-0.2, 0) is 9.59 Å². The first-order valence-corrected chi connectivity index (χ1v) is 8.79. The third-order valence-electron chi connectivity index (χ3n) is 3.59. The number of carbonyl (C=O) groups excluding carboxylic acids is 1. The average Bonchev–Trinajstić information content (AvgIpc) is 2.90. The van der Waals surface area contributed by atoms with Gasteiger partial charge in [0.1, 0.15) is 0 Å². The molecule has 1 aromatic carbocycles. The van der Waals surface area contributed by atoms with Gasteiger partial charge in [0.15, 0.2) is 0 Å². The van der Waals surface area contributed by atoms with Crippen molar-refractivity contribution in [2.45, 2.75) is 25.8 Å². The summed E-state index contributed by atoms with van der Waals surface area (Å²) < 4.78 is 1.07. The maximum Gasteiger partial charge on any atom is 0.313 e. The molecule has 21 heavy (non-hydrogen) atoms. The molecule has 114 valence electrons. The standard InChI is InChI=1S/C15H18BrNO3S/c1-10-7-11(4-5-12(10)16)13-3-2-6-17(13)14(18)8-21-9-15(19)20/h4-5,7,13H,2-3,6,8-9H2,1H3,(H,19,20). The molecule has 1 aliphatic heterocycles. The van der Waals surface area contributed by atoms with Crippen LogP contribution in [0.2, 0.25) is 0 Å². The molecule has 1 fully saturated rings. The third kappa shape index (κ3) is 4.23. The van der Waals surface area contributed by atoms with Crippen molar-refractivity contribution in [1.82, 2.24) is 4.90 Å². The van der Waals surface area contributed by atoms with Crippen LogP contribution in [0.15, 0.2) is 22.7 Å². The number of nitrogens with zero attached hydrogens (tertiary/aromatic N) is 1. The summed E-state index contributed by atoms with van der Waals surface area (Å²) in [5, 5.41) is 8.63. The van der Waals surface area contributed by atoms with Gasteiger partial charge in [0.2, 0.25) is 5.91 Å². The zero-order valence-electron chi connectivity index (χ0n) is 11.8. The second-order valence-electron chi connectivity index (χ2n) is 5.14. The highest BCUT2D eigenvalue weighted by atomic mass is 79.9. The van der Waals surface area contributed by atoms with E-state index in [1.807, 2.05) is 17.9 Å². The molecule has 1 saturated heterocycles. The molecule has 1 amide bonds. The van der Waals surface area contributed by atoms with Gasteiger partial charge >= 0.3 is 5.97 Å². The molecule has 1 unspecified atom stereocenters. The number of rotatable bonds is 5. The highest BCUT2D eigenvalue weighted by Crippen LogP contribution is 2.34. The van der Waals surface area contributed by atoms with E-state index in [0.717, 1.165) is 46.7 Å². The number of thioether (sulfide) groups is 1. The zero-order chi connectivity index (χ0) is 15.4. The molecule has 0 radical (unpaired) electrons. The van der Waals surface area contributed by atoms with Crippen LogP contribution in [0.25, 0.3) is 0 Å². The number of aryl methyl sites for hydroxylation is 1. The molecule has 1 aromatic rings. The van der Waals surface area contributed by atoms with Crippen molar-refractivity contribution in [2.75, 3.05) is 18.1 Å². The molecular formula is C15H18BrNO3S. The fourth-order valence-corrected chi connectivity index (χ4v) is 3.46. The van der Waals surface area contributed by atoms with Crippen molar-refractivity contribution in [3.63, 3.8) is 0 Å². The van der Waals surface area contributed by atoms with E-state index in [0.29, 0.717) is 0 Å². The Labute approximate surface area is 137 Å². The van der Waals surface area contributed by atoms with Crippen molar-refractivity contribution in [1.29, 1.82) is 0 Å². The van der Waals surface area contributed by atoms with Gasteiger partial charge in [-0.25, -0.2) is 0 Å². The van der Waals surface area contributed by atoms with Gasteiger partial charge < -0.3 is 10.0 Å². The molecule has 2 rings (SSSR count). The molecule has 1 N–H and O–H groups in total. The van der Waals surface area contributed by atoms with Crippen LogP contribution in [-0.4, -0.2) is 39.9 Å². The van der Waals surface area contributed by atoms with Crippen LogP contribution in [0.1, 0.15) is 30.0 Å². The lowest BCUT2D eigenvalue weighted by Gasteiger charge is -2.25. The zero-order valence-corrected chi connectivity index (χ0v) is 14.2. The lowest BCUT2D eigenvalue weighted by Crippen LogP contribution is -2.32. The van der Waals surface area contributed by atoms with E-state index in [2.05, 4.69) is 28.1 Å². The molecule has 6 heteroatoms. The van der Waals surface area contributed by atoms with E-state index in [4.69, 9.17) is 5.11 Å². The number of benzene rings is 1. The summed E-state index contributed by atoms with van der Waals surface area (Å²) in [5.41, 5.74) is 2.32. The van der Waals surface area contributed by atoms with Gasteiger partial charge in [0.25, 0.3) is 0 Å². The highest BCUT2D eigenvalue weighted by molar-refractivity contribution is 9.10. The van der Waals surface area contributed by atoms with E-state index in [9.17, 15) is 9.59 Å². The van der Waals surface area contributed by atoms with E-state index >= 15 is 0 Å². The second-order valence-corrected chi connectivity index (χ2v) is 6.98. The average molecular weight is 372 g/mol. The number of carbonyl (C=O) groups is 2. The third-order valence-corrected chi connectivity index (χ3v) is 5.38. The number of halogens is 1. The van der Waals surface area contributed by atoms with Crippen LogP contribution in [0, 0.1) is 6.92 Å². The molecule has 0 aliphatic carbocycles. The molecular weight excluding hydrogens is 354 g/mol. The Morgan fingerprint density at radius 2 is 2.19 bits per heavy atom. The van der Waals surface area contributed by atoms with E-state index < -0.39 is 5.97 Å². The Kier molecular flexibility index (Phi) is 5.70. The molecule has 1 aliphatic rings. The number of hydrogen-bond donors (Lipinski definition) is 1. The molecule has 1 heterocycles. The van der Waals surface area contributed by atoms with Crippen LogP contribution < -0.4 is 0 Å². The first-order chi connectivity index (χ1) is 9.99. The summed E-state index contributed by atoms with van der Waals surface area (Å²) >= 11 is 4.65. The number of likely N-dealkylation sites (tertiary alicyclic amines) is 1. The Hall–Kier alpha value is -1.01. The van der Waals surface area contributed by atoms with Crippen molar-refractivity contribution < 1.29 is 14.7 Å². The summed E-state index contributed by atoms with van der Waals surface area (Å²) in [6, 6.07) is 6.31. The summed E-state index contributed by atoms with van der Waals surface area (Å²) in [6.45, 7) is 2.80. The summed E-state index contributed by atoms with van der Waals surface area (Å²) in [5.74, 6) is -0.640. The SMILES string of the molecule is Cc1cc(C2CCCN2C(=O)CSCC(=O)O)ccc1Br. The van der Waals surface area contributed by atoms with Crippen molar-refractivity contribution in [3.8, 4) is 0 Å². The minimum absolute atomic E-state index is 0.0262. The predicted octanol–water partition coefficient (Wildman–Crippen LogP) is 3.24. The van der Waals surface area contributed by atoms with Gasteiger partial charge in [-0.15, -0.1) is 11.8 Å². The molecule has 0 spiro atoms. The van der Waals surface area contributed by atoms with Gasteiger partial charge in [0.05, 0.1) is 17.5 Å². The Morgan fingerprint density at radius 1 is 1.43 bits per heavy atom. The lowest BCUT2D eigenvalue weighted by molar-refractivity contribution is -0.133. The quantitative estimate of drug-likeness (QED) is 0.862. The fraction of sp³-hybridized carbons (Fsp3) is 0.467. The Bertz CT molecular complexity index is 550. The number of hydrogen-bond acceptors (Lipinski definition) is 3. The molecule has 0 aromatic heterocycles. The van der Waals surface area contributed by atoms with Crippen LogP contribution in [0.5, 0.6) is 0 Å². The van der Waals surface area contributed by atoms with E-state index in [-0.39, 0.29) is 23.5 Å². The van der Waals surface area contributed by atoms with Crippen molar-refractivity contribution in [2.24, 2.45) is 0 Å². The maximum absolute atomic E-state index is 12.3. The monoisotopic (exact) mass is 371 g/mol. The smallest absolute Gasteiger partial charge is 0.313 e. The minimum Gasteiger partial charge on any atom is -0.481 e. The van der Waals surface area contributed by atoms with Gasteiger partial charge in [0, 0.05) is 11.0 Å². The Balaban J connectivity index is 2.03. The molecule has 4 nitrogen and oxygen atoms in total. The topological polar surface area (TPSA) is 57.6 Å². The van der Waals surface area contributed by atoms with E-state index in [1.54, 1.807) is 0 Å². The summed E-state index contributed by atoms with van der Waals surface area (Å²) in [4.78, 5) is 24.7. The molecule has 0 bridgehead atoms. The lowest BCUT2D eigenvalue weighted by atomic mass is 10.0. The maximum atomic E-state index is 12.3. The minimum atomic E-state index is -0.880. The van der Waals surface area contributed by atoms with Gasteiger partial charge in [-0.1, -0.05) is 28.1 Å². The van der Waals surface area contributed by atoms with Gasteiger partial charge in [-0.2, -0.15) is 0 Å². The fourth-order valence-electron chi connectivity index (χ4n) is 2.60. The van der Waals surface area contributed by atoms with Crippen LogP contribution in [0.3, 0.4) is 0 Å². The number of aliphatic carboxylic acids is 1. The van der Waals surface area contributed by atoms with Crippen molar-refractivity contribution >= 4 is 39.6 Å². The van der Waals surface area contributed by atoms with Gasteiger partial charge in [-0.3, -0.25) is 9.59 Å². The summed E-state index contributed by atoms with van der Waals surface area (Å²) in [6.07, 6.45) is 1.96. The first-order valence-electron chi connectivity index (χ1n) is 6.84.